The zero-order chi connectivity index (χ0) is 21.6. The molecule has 2 aromatic carbocycles. The number of benzene rings is 2. The molecule has 0 unspecified atom stereocenters. The predicted molar refractivity (Wildman–Crippen MR) is 112 cm³/mol. The normalized spacial score (nSPS) is 11.0. The Labute approximate surface area is 175 Å². The Balaban J connectivity index is 1.78. The maximum absolute atomic E-state index is 12.9. The molecule has 0 saturated carbocycles. The molecule has 9 heteroatoms. The van der Waals surface area contributed by atoms with Gasteiger partial charge in [-0.2, -0.15) is 8.42 Å². The number of nitrogens with one attached hydrogen (secondary N) is 1. The molecular weight excluding hydrogens is 408 g/mol. The van der Waals surface area contributed by atoms with E-state index in [1.54, 1.807) is 72.7 Å². The van der Waals surface area contributed by atoms with Gasteiger partial charge < -0.3 is 23.6 Å². The second-order valence-corrected chi connectivity index (χ2v) is 8.10. The summed E-state index contributed by atoms with van der Waals surface area (Å²) in [5.41, 5.74) is 1.31. The quantitative estimate of drug-likeness (QED) is 0.545. The number of ether oxygens (including phenoxy) is 1. The molecule has 2 amide bonds. The largest absolute Gasteiger partial charge is 0.497 e. The first-order valence-electron chi connectivity index (χ1n) is 9.03. The van der Waals surface area contributed by atoms with Crippen molar-refractivity contribution in [3.8, 4) is 11.5 Å². The summed E-state index contributed by atoms with van der Waals surface area (Å²) in [6.45, 7) is 0.440. The fourth-order valence-electron chi connectivity index (χ4n) is 2.76. The van der Waals surface area contributed by atoms with Crippen molar-refractivity contribution in [2.45, 2.75) is 13.1 Å². The number of carbonyl (C=O) groups is 1. The molecule has 3 aromatic rings. The summed E-state index contributed by atoms with van der Waals surface area (Å²) in [6.07, 6.45) is 2.51. The van der Waals surface area contributed by atoms with Crippen LogP contribution in [0.5, 0.6) is 11.5 Å². The van der Waals surface area contributed by atoms with Crippen LogP contribution in [0, 0.1) is 0 Å². The molecule has 1 N–H and O–H groups in total. The average Bonchev–Trinajstić information content (AvgIpc) is 3.20. The highest BCUT2D eigenvalue weighted by Gasteiger charge is 2.17. The lowest BCUT2D eigenvalue weighted by atomic mass is 10.2. The zero-order valence-electron chi connectivity index (χ0n) is 16.6. The van der Waals surface area contributed by atoms with E-state index in [-0.39, 0.29) is 24.9 Å². The molecule has 3 rings (SSSR count). The van der Waals surface area contributed by atoms with Crippen molar-refractivity contribution in [1.29, 1.82) is 0 Å². The Morgan fingerprint density at radius 3 is 2.43 bits per heavy atom. The third-order valence-electron chi connectivity index (χ3n) is 4.07. The van der Waals surface area contributed by atoms with Gasteiger partial charge in [-0.05, 0) is 54.1 Å². The summed E-state index contributed by atoms with van der Waals surface area (Å²) in [7, 11) is -2.07. The van der Waals surface area contributed by atoms with Crippen LogP contribution in [0.4, 0.5) is 10.5 Å². The summed E-state index contributed by atoms with van der Waals surface area (Å²) >= 11 is 0. The molecular formula is C21H22N2O6S. The van der Waals surface area contributed by atoms with Gasteiger partial charge in [0.15, 0.2) is 0 Å². The minimum Gasteiger partial charge on any atom is -0.497 e. The lowest BCUT2D eigenvalue weighted by molar-refractivity contribution is 0.201. The minimum atomic E-state index is -3.64. The third kappa shape index (κ3) is 6.28. The first-order valence-corrected chi connectivity index (χ1v) is 10.8. The van der Waals surface area contributed by atoms with Gasteiger partial charge in [0, 0.05) is 12.2 Å². The molecule has 0 bridgehead atoms. The summed E-state index contributed by atoms with van der Waals surface area (Å²) in [5, 5.41) is 2.84. The van der Waals surface area contributed by atoms with E-state index >= 15 is 0 Å². The van der Waals surface area contributed by atoms with Crippen molar-refractivity contribution >= 4 is 21.8 Å². The minimum absolute atomic E-state index is 0.184. The second kappa shape index (κ2) is 9.36. The highest BCUT2D eigenvalue weighted by molar-refractivity contribution is 7.86. The highest BCUT2D eigenvalue weighted by Crippen LogP contribution is 2.20. The van der Waals surface area contributed by atoms with Gasteiger partial charge in [0.05, 0.1) is 26.2 Å². The number of furan rings is 1. The van der Waals surface area contributed by atoms with Gasteiger partial charge in [0.25, 0.3) is 0 Å². The zero-order valence-corrected chi connectivity index (χ0v) is 17.4. The van der Waals surface area contributed by atoms with Crippen LogP contribution in [0.15, 0.2) is 71.3 Å². The number of urea groups is 1. The van der Waals surface area contributed by atoms with Crippen LogP contribution in [0.25, 0.3) is 0 Å². The maximum atomic E-state index is 12.9. The van der Waals surface area contributed by atoms with Crippen LogP contribution in [-0.4, -0.2) is 32.7 Å². The molecule has 0 spiro atoms. The number of methoxy groups -OCH3 is 1. The number of hydrogen-bond donors (Lipinski definition) is 1. The molecule has 0 atom stereocenters. The van der Waals surface area contributed by atoms with Crippen LogP contribution in [0.2, 0.25) is 0 Å². The standard InChI is InChI=1S/C21H22N2O6S/c1-27-18-10-8-17(9-11-18)22-21(24)23(15-20-7-4-12-28-20)14-16-5-3-6-19(13-16)29-30(2,25)26/h3-13H,14-15H2,1-2H3,(H,22,24). The van der Waals surface area contributed by atoms with Crippen LogP contribution in [0.1, 0.15) is 11.3 Å². The van der Waals surface area contributed by atoms with E-state index in [1.165, 1.54) is 6.26 Å². The van der Waals surface area contributed by atoms with E-state index in [9.17, 15) is 13.2 Å². The number of rotatable bonds is 8. The van der Waals surface area contributed by atoms with Crippen LogP contribution in [0.3, 0.4) is 0 Å². The first-order chi connectivity index (χ1) is 14.3. The van der Waals surface area contributed by atoms with Gasteiger partial charge in [-0.3, -0.25) is 0 Å². The number of nitrogens with zero attached hydrogens (tertiary/aromatic N) is 1. The predicted octanol–water partition coefficient (Wildman–Crippen LogP) is 3.86. The molecule has 8 nitrogen and oxygen atoms in total. The molecule has 1 aromatic heterocycles. The molecule has 0 aliphatic rings. The van der Waals surface area contributed by atoms with Crippen molar-refractivity contribution in [2.24, 2.45) is 0 Å². The second-order valence-electron chi connectivity index (χ2n) is 6.53. The van der Waals surface area contributed by atoms with E-state index in [2.05, 4.69) is 5.32 Å². The SMILES string of the molecule is COc1ccc(NC(=O)N(Cc2cccc(OS(C)(=O)=O)c2)Cc2ccco2)cc1. The highest BCUT2D eigenvalue weighted by atomic mass is 32.2. The van der Waals surface area contributed by atoms with Crippen molar-refractivity contribution < 1.29 is 26.5 Å². The van der Waals surface area contributed by atoms with Crippen LogP contribution in [-0.2, 0) is 23.2 Å². The van der Waals surface area contributed by atoms with E-state index < -0.39 is 10.1 Å². The summed E-state index contributed by atoms with van der Waals surface area (Å²) in [6, 6.07) is 16.7. The lowest BCUT2D eigenvalue weighted by Crippen LogP contribution is -2.34. The van der Waals surface area contributed by atoms with Gasteiger partial charge in [-0.15, -0.1) is 0 Å². The van der Waals surface area contributed by atoms with Crippen molar-refractivity contribution in [3.63, 3.8) is 0 Å². The first kappa shape index (κ1) is 21.3. The van der Waals surface area contributed by atoms with Gasteiger partial charge >= 0.3 is 16.1 Å². The van der Waals surface area contributed by atoms with Crippen molar-refractivity contribution in [2.75, 3.05) is 18.7 Å². The monoisotopic (exact) mass is 430 g/mol. The number of amides is 2. The molecule has 0 aliphatic carbocycles. The third-order valence-corrected chi connectivity index (χ3v) is 4.57. The van der Waals surface area contributed by atoms with Gasteiger partial charge in [0.1, 0.15) is 17.3 Å². The molecule has 158 valence electrons. The van der Waals surface area contributed by atoms with E-state index in [1.807, 2.05) is 0 Å². The summed E-state index contributed by atoms with van der Waals surface area (Å²) in [4.78, 5) is 14.5. The molecule has 0 saturated heterocycles. The Bertz CT molecular complexity index is 1080. The summed E-state index contributed by atoms with van der Waals surface area (Å²) < 4.78 is 38.2. The van der Waals surface area contributed by atoms with Gasteiger partial charge in [0.2, 0.25) is 0 Å². The molecule has 0 fully saturated rings. The number of anilines is 1. The van der Waals surface area contributed by atoms with E-state index in [0.717, 1.165) is 6.26 Å². The fourth-order valence-corrected chi connectivity index (χ4v) is 3.21. The summed E-state index contributed by atoms with van der Waals surface area (Å²) in [5.74, 6) is 1.48. The Morgan fingerprint density at radius 1 is 1.03 bits per heavy atom. The average molecular weight is 430 g/mol. The fraction of sp³-hybridized carbons (Fsp3) is 0.190. The van der Waals surface area contributed by atoms with Crippen molar-refractivity contribution in [3.05, 3.63) is 78.3 Å². The smallest absolute Gasteiger partial charge is 0.322 e. The maximum Gasteiger partial charge on any atom is 0.322 e. The van der Waals surface area contributed by atoms with Gasteiger partial charge in [-0.1, -0.05) is 12.1 Å². The number of hydrogen-bond acceptors (Lipinski definition) is 6. The van der Waals surface area contributed by atoms with Crippen molar-refractivity contribution in [1.82, 2.24) is 4.90 Å². The van der Waals surface area contributed by atoms with Gasteiger partial charge in [-0.25, -0.2) is 4.79 Å². The number of carbonyl (C=O) groups excluding carboxylic acids is 1. The Kier molecular flexibility index (Phi) is 6.63. The molecule has 1 heterocycles. The van der Waals surface area contributed by atoms with Crippen LogP contribution < -0.4 is 14.2 Å². The Hall–Kier alpha value is -3.46. The Morgan fingerprint density at radius 2 is 1.80 bits per heavy atom. The van der Waals surface area contributed by atoms with E-state index in [4.69, 9.17) is 13.3 Å². The van der Waals surface area contributed by atoms with E-state index in [0.29, 0.717) is 22.8 Å². The molecule has 30 heavy (non-hydrogen) atoms. The molecule has 0 radical (unpaired) electrons. The lowest BCUT2D eigenvalue weighted by Gasteiger charge is -2.22. The molecule has 0 aliphatic heterocycles. The topological polar surface area (TPSA) is 98.1 Å². The van der Waals surface area contributed by atoms with Crippen LogP contribution >= 0.6 is 0 Å².